The number of fused-ring (bicyclic) bond motifs is 2. The van der Waals surface area contributed by atoms with Crippen LogP contribution >= 0.6 is 0 Å². The summed E-state index contributed by atoms with van der Waals surface area (Å²) >= 11 is 0. The molecule has 0 N–H and O–H groups in total. The minimum Gasteiger partial charge on any atom is -0.464 e. The Morgan fingerprint density at radius 2 is 1.56 bits per heavy atom. The molecule has 2 aromatic heterocycles. The number of amides is 2. The van der Waals surface area contributed by atoms with Crippen molar-refractivity contribution in [3.05, 3.63) is 71.7 Å². The molecule has 0 bridgehead atoms. The van der Waals surface area contributed by atoms with Crippen molar-refractivity contribution in [2.45, 2.75) is 31.9 Å². The smallest absolute Gasteiger partial charge is 0.435 e. The Labute approximate surface area is 203 Å². The number of carbonyl (C=O) groups excluding carboxylic acids is 2. The topological polar surface area (TPSA) is 71.6 Å². The molecular formula is C26H21F3N4O3. The largest absolute Gasteiger partial charge is 0.464 e. The van der Waals surface area contributed by atoms with E-state index in [0.717, 1.165) is 23.2 Å². The summed E-state index contributed by atoms with van der Waals surface area (Å²) in [5.74, 6) is -0.501. The second-order valence-corrected chi connectivity index (χ2v) is 8.95. The Bertz CT molecular complexity index is 1490. The van der Waals surface area contributed by atoms with E-state index in [4.69, 9.17) is 4.42 Å². The third-order valence-electron chi connectivity index (χ3n) is 6.76. The SMILES string of the molecule is O=C1CCCCN1c1ccc(N2CCc3c(C(F)(F)F)nn(-c4ccc5occc5c4)c3C2=O)cc1. The molecule has 1 fully saturated rings. The molecule has 4 heterocycles. The van der Waals surface area contributed by atoms with E-state index in [1.807, 2.05) is 0 Å². The molecule has 2 aliphatic heterocycles. The van der Waals surface area contributed by atoms with Crippen molar-refractivity contribution in [2.75, 3.05) is 22.9 Å². The number of nitrogens with zero attached hydrogens (tertiary/aromatic N) is 4. The van der Waals surface area contributed by atoms with Crippen molar-refractivity contribution in [1.29, 1.82) is 0 Å². The van der Waals surface area contributed by atoms with Gasteiger partial charge in [0, 0.05) is 41.8 Å². The van der Waals surface area contributed by atoms with Gasteiger partial charge in [0.25, 0.3) is 5.91 Å². The molecule has 7 nitrogen and oxygen atoms in total. The van der Waals surface area contributed by atoms with Crippen LogP contribution in [0.4, 0.5) is 24.5 Å². The summed E-state index contributed by atoms with van der Waals surface area (Å²) in [6.45, 7) is 0.730. The lowest BCUT2D eigenvalue weighted by Crippen LogP contribution is -2.39. The van der Waals surface area contributed by atoms with Crippen LogP contribution in [0.2, 0.25) is 0 Å². The Morgan fingerprint density at radius 1 is 0.833 bits per heavy atom. The van der Waals surface area contributed by atoms with Crippen LogP contribution in [-0.2, 0) is 17.4 Å². The van der Waals surface area contributed by atoms with Gasteiger partial charge in [-0.3, -0.25) is 9.59 Å². The van der Waals surface area contributed by atoms with Crippen LogP contribution in [0.15, 0.2) is 59.2 Å². The number of carbonyl (C=O) groups is 2. The van der Waals surface area contributed by atoms with Crippen LogP contribution in [0.3, 0.4) is 0 Å². The quantitative estimate of drug-likeness (QED) is 0.385. The highest BCUT2D eigenvalue weighted by Gasteiger charge is 2.43. The van der Waals surface area contributed by atoms with Gasteiger partial charge in [-0.1, -0.05) is 0 Å². The highest BCUT2D eigenvalue weighted by molar-refractivity contribution is 6.08. The lowest BCUT2D eigenvalue weighted by Gasteiger charge is -2.30. The fourth-order valence-corrected chi connectivity index (χ4v) is 5.00. The Hall–Kier alpha value is -4.08. The third kappa shape index (κ3) is 3.64. The van der Waals surface area contributed by atoms with Crippen LogP contribution in [0.1, 0.15) is 41.0 Å². The first kappa shape index (κ1) is 22.4. The average Bonchev–Trinajstić information content (AvgIpc) is 3.49. The van der Waals surface area contributed by atoms with Crippen LogP contribution < -0.4 is 9.80 Å². The van der Waals surface area contributed by atoms with Gasteiger partial charge in [0.1, 0.15) is 11.3 Å². The summed E-state index contributed by atoms with van der Waals surface area (Å²) in [7, 11) is 0. The van der Waals surface area contributed by atoms with Crippen molar-refractivity contribution < 1.29 is 27.2 Å². The van der Waals surface area contributed by atoms with Crippen molar-refractivity contribution >= 4 is 34.2 Å². The standard InChI is InChI=1S/C26H21F3N4O3/c27-26(28,29)24-20-10-13-32(18-6-4-17(5-7-18)31-12-2-1-3-22(31)34)25(35)23(20)33(30-24)19-8-9-21-16(15-19)11-14-36-21/h4-9,11,14-15H,1-3,10,12-13H2. The number of benzene rings is 2. The monoisotopic (exact) mass is 494 g/mol. The molecule has 0 atom stereocenters. The Balaban J connectivity index is 1.39. The number of anilines is 2. The molecule has 184 valence electrons. The summed E-state index contributed by atoms with van der Waals surface area (Å²) in [4.78, 5) is 29.0. The first-order valence-corrected chi connectivity index (χ1v) is 11.7. The first-order valence-electron chi connectivity index (χ1n) is 11.7. The van der Waals surface area contributed by atoms with Crippen LogP contribution in [0.25, 0.3) is 16.7 Å². The summed E-state index contributed by atoms with van der Waals surface area (Å²) < 4.78 is 48.0. The van der Waals surface area contributed by atoms with Gasteiger partial charge in [-0.25, -0.2) is 4.68 Å². The van der Waals surface area contributed by atoms with Gasteiger partial charge in [-0.2, -0.15) is 18.3 Å². The molecule has 0 radical (unpaired) electrons. The van der Waals surface area contributed by atoms with Crippen molar-refractivity contribution in [3.63, 3.8) is 0 Å². The summed E-state index contributed by atoms with van der Waals surface area (Å²) in [6.07, 6.45) is -0.889. The minimum atomic E-state index is -4.69. The number of rotatable bonds is 3. The number of alkyl halides is 3. The fraction of sp³-hybridized carbons (Fsp3) is 0.269. The zero-order valence-electron chi connectivity index (χ0n) is 19.1. The molecule has 4 aromatic rings. The Kier molecular flexibility index (Phi) is 5.13. The lowest BCUT2D eigenvalue weighted by molar-refractivity contribution is -0.142. The van der Waals surface area contributed by atoms with Gasteiger partial charge in [-0.05, 0) is 67.8 Å². The zero-order valence-corrected chi connectivity index (χ0v) is 19.1. The second kappa shape index (κ2) is 8.25. The highest BCUT2D eigenvalue weighted by Crippen LogP contribution is 2.37. The number of piperidine rings is 1. The predicted molar refractivity (Wildman–Crippen MR) is 126 cm³/mol. The van der Waals surface area contributed by atoms with E-state index in [0.29, 0.717) is 35.3 Å². The molecule has 0 saturated carbocycles. The van der Waals surface area contributed by atoms with E-state index in [1.54, 1.807) is 53.4 Å². The highest BCUT2D eigenvalue weighted by atomic mass is 19.4. The van der Waals surface area contributed by atoms with Crippen LogP contribution in [0, 0.1) is 0 Å². The molecule has 0 aliphatic carbocycles. The van der Waals surface area contributed by atoms with E-state index in [2.05, 4.69) is 5.10 Å². The second-order valence-electron chi connectivity index (χ2n) is 8.95. The molecule has 0 spiro atoms. The molecule has 6 rings (SSSR count). The third-order valence-corrected chi connectivity index (χ3v) is 6.76. The maximum Gasteiger partial charge on any atom is 0.435 e. The Morgan fingerprint density at radius 3 is 2.28 bits per heavy atom. The number of hydrogen-bond donors (Lipinski definition) is 0. The van der Waals surface area contributed by atoms with Gasteiger partial charge in [0.05, 0.1) is 12.0 Å². The minimum absolute atomic E-state index is 0.0102. The van der Waals surface area contributed by atoms with E-state index in [1.165, 1.54) is 11.2 Å². The zero-order chi connectivity index (χ0) is 25.0. The molecule has 2 amide bonds. The maximum atomic E-state index is 13.9. The lowest BCUT2D eigenvalue weighted by atomic mass is 10.0. The van der Waals surface area contributed by atoms with E-state index < -0.39 is 17.8 Å². The fourth-order valence-electron chi connectivity index (χ4n) is 5.00. The van der Waals surface area contributed by atoms with E-state index in [9.17, 15) is 22.8 Å². The first-order chi connectivity index (χ1) is 17.3. The van der Waals surface area contributed by atoms with Crippen LogP contribution in [0.5, 0.6) is 0 Å². The number of aromatic nitrogens is 2. The number of hydrogen-bond acceptors (Lipinski definition) is 4. The van der Waals surface area contributed by atoms with Gasteiger partial charge >= 0.3 is 6.18 Å². The number of halogens is 3. The normalized spacial score (nSPS) is 16.6. The van der Waals surface area contributed by atoms with Gasteiger partial charge < -0.3 is 14.2 Å². The van der Waals surface area contributed by atoms with Gasteiger partial charge in [0.2, 0.25) is 5.91 Å². The molecule has 2 aliphatic rings. The molecular weight excluding hydrogens is 473 g/mol. The molecule has 2 aromatic carbocycles. The molecule has 36 heavy (non-hydrogen) atoms. The summed E-state index contributed by atoms with van der Waals surface area (Å²) in [6, 6.07) is 13.5. The van der Waals surface area contributed by atoms with Crippen molar-refractivity contribution in [1.82, 2.24) is 9.78 Å². The number of furan rings is 1. The van der Waals surface area contributed by atoms with Crippen LogP contribution in [-0.4, -0.2) is 34.7 Å². The molecule has 0 unspecified atom stereocenters. The summed E-state index contributed by atoms with van der Waals surface area (Å²) in [5.41, 5.74) is 0.952. The predicted octanol–water partition coefficient (Wildman–Crippen LogP) is 5.36. The van der Waals surface area contributed by atoms with Crippen molar-refractivity contribution in [2.24, 2.45) is 0 Å². The van der Waals surface area contributed by atoms with Gasteiger partial charge in [-0.15, -0.1) is 0 Å². The van der Waals surface area contributed by atoms with E-state index in [-0.39, 0.29) is 30.1 Å². The summed E-state index contributed by atoms with van der Waals surface area (Å²) in [5, 5.41) is 4.54. The van der Waals surface area contributed by atoms with E-state index >= 15 is 0 Å². The van der Waals surface area contributed by atoms with Crippen molar-refractivity contribution in [3.8, 4) is 5.69 Å². The van der Waals surface area contributed by atoms with Gasteiger partial charge in [0.15, 0.2) is 5.69 Å². The molecule has 10 heteroatoms. The molecule has 1 saturated heterocycles. The average molecular weight is 494 g/mol. The maximum absolute atomic E-state index is 13.9.